The summed E-state index contributed by atoms with van der Waals surface area (Å²) in [4.78, 5) is 26.8. The second kappa shape index (κ2) is 8.52. The fourth-order valence-electron chi connectivity index (χ4n) is 3.37. The van der Waals surface area contributed by atoms with E-state index in [-0.39, 0.29) is 24.5 Å². The molecule has 1 aromatic carbocycles. The van der Waals surface area contributed by atoms with E-state index in [1.807, 2.05) is 6.92 Å². The Labute approximate surface area is 158 Å². The molecule has 1 saturated carbocycles. The van der Waals surface area contributed by atoms with E-state index >= 15 is 0 Å². The van der Waals surface area contributed by atoms with Gasteiger partial charge in [0, 0.05) is 24.8 Å². The number of hydrogen-bond acceptors (Lipinski definition) is 4. The molecule has 1 atom stereocenters. The average molecular weight is 375 g/mol. The normalized spacial score (nSPS) is 19.7. The third kappa shape index (κ3) is 4.86. The minimum Gasteiger partial charge on any atom is -0.463 e. The fraction of sp³-hybridized carbons (Fsp3) is 0.500. The lowest BCUT2D eigenvalue weighted by Gasteiger charge is -2.31. The SMILES string of the molecule is CCOC(=O)C1=C(CN(Cc2ccc(F)cc2)C2CC2)NC(=O)NC1CC. The predicted octanol–water partition coefficient (Wildman–Crippen LogP) is 2.70. The summed E-state index contributed by atoms with van der Waals surface area (Å²) in [7, 11) is 0. The second-order valence-corrected chi connectivity index (χ2v) is 6.93. The minimum atomic E-state index is -0.399. The number of halogens is 1. The largest absolute Gasteiger partial charge is 0.463 e. The Balaban J connectivity index is 1.85. The highest BCUT2D eigenvalue weighted by Crippen LogP contribution is 2.30. The first-order valence-electron chi connectivity index (χ1n) is 9.48. The fourth-order valence-corrected chi connectivity index (χ4v) is 3.37. The summed E-state index contributed by atoms with van der Waals surface area (Å²) in [6, 6.07) is 6.16. The summed E-state index contributed by atoms with van der Waals surface area (Å²) in [5.74, 6) is -0.662. The highest BCUT2D eigenvalue weighted by Gasteiger charge is 2.35. The molecule has 0 radical (unpaired) electrons. The summed E-state index contributed by atoms with van der Waals surface area (Å²) < 4.78 is 18.4. The van der Waals surface area contributed by atoms with E-state index in [9.17, 15) is 14.0 Å². The quantitative estimate of drug-likeness (QED) is 0.686. The number of urea groups is 1. The van der Waals surface area contributed by atoms with Crippen molar-refractivity contribution in [3.8, 4) is 0 Å². The molecule has 2 aliphatic rings. The van der Waals surface area contributed by atoms with Crippen LogP contribution in [0, 0.1) is 5.82 Å². The van der Waals surface area contributed by atoms with Crippen LogP contribution in [0.4, 0.5) is 9.18 Å². The smallest absolute Gasteiger partial charge is 0.337 e. The summed E-state index contributed by atoms with van der Waals surface area (Å²) in [6.07, 6.45) is 2.76. The van der Waals surface area contributed by atoms with E-state index in [4.69, 9.17) is 4.74 Å². The van der Waals surface area contributed by atoms with E-state index < -0.39 is 5.97 Å². The lowest BCUT2D eigenvalue weighted by atomic mass is 9.99. The van der Waals surface area contributed by atoms with Crippen LogP contribution in [0.15, 0.2) is 35.5 Å². The predicted molar refractivity (Wildman–Crippen MR) is 99.2 cm³/mol. The van der Waals surface area contributed by atoms with Gasteiger partial charge in [-0.25, -0.2) is 14.0 Å². The van der Waals surface area contributed by atoms with Gasteiger partial charge in [0.05, 0.1) is 18.2 Å². The van der Waals surface area contributed by atoms with Crippen LogP contribution in [0.2, 0.25) is 0 Å². The van der Waals surface area contributed by atoms with Gasteiger partial charge in [0.25, 0.3) is 0 Å². The van der Waals surface area contributed by atoms with Crippen LogP contribution < -0.4 is 10.6 Å². The maximum atomic E-state index is 13.2. The number of benzene rings is 1. The van der Waals surface area contributed by atoms with Crippen molar-refractivity contribution in [1.82, 2.24) is 15.5 Å². The third-order valence-electron chi connectivity index (χ3n) is 4.87. The molecule has 2 N–H and O–H groups in total. The van der Waals surface area contributed by atoms with Crippen molar-refractivity contribution in [2.75, 3.05) is 13.2 Å². The number of rotatable bonds is 8. The number of carbonyl (C=O) groups excluding carboxylic acids is 2. The van der Waals surface area contributed by atoms with E-state index in [0.29, 0.717) is 36.8 Å². The maximum absolute atomic E-state index is 13.2. The molecule has 0 bridgehead atoms. The zero-order valence-electron chi connectivity index (χ0n) is 15.8. The van der Waals surface area contributed by atoms with Crippen molar-refractivity contribution in [1.29, 1.82) is 0 Å². The van der Waals surface area contributed by atoms with Crippen LogP contribution in [0.1, 0.15) is 38.7 Å². The van der Waals surface area contributed by atoms with Crippen LogP contribution in [-0.4, -0.2) is 42.1 Å². The molecule has 0 aromatic heterocycles. The molecule has 146 valence electrons. The monoisotopic (exact) mass is 375 g/mol. The standard InChI is InChI=1S/C20H26FN3O3/c1-3-16-18(19(25)27-4-2)17(23-20(26)22-16)12-24(15-9-10-15)11-13-5-7-14(21)8-6-13/h5-8,15-16H,3-4,9-12H2,1-2H3,(H2,22,23,26). The van der Waals surface area contributed by atoms with Gasteiger partial charge in [0.1, 0.15) is 5.82 Å². The van der Waals surface area contributed by atoms with Gasteiger partial charge in [-0.15, -0.1) is 0 Å². The number of carbonyl (C=O) groups is 2. The van der Waals surface area contributed by atoms with Gasteiger partial charge in [0.2, 0.25) is 0 Å². The zero-order chi connectivity index (χ0) is 19.4. The summed E-state index contributed by atoms with van der Waals surface area (Å²) >= 11 is 0. The van der Waals surface area contributed by atoms with Crippen LogP contribution >= 0.6 is 0 Å². The summed E-state index contributed by atoms with van der Waals surface area (Å²) in [6.45, 7) is 5.04. The lowest BCUT2D eigenvalue weighted by molar-refractivity contribution is -0.139. The molecule has 1 heterocycles. The first-order chi connectivity index (χ1) is 13.0. The summed E-state index contributed by atoms with van der Waals surface area (Å²) in [5, 5.41) is 5.60. The van der Waals surface area contributed by atoms with E-state index in [0.717, 1.165) is 18.4 Å². The highest BCUT2D eigenvalue weighted by molar-refractivity contribution is 5.94. The van der Waals surface area contributed by atoms with Gasteiger partial charge < -0.3 is 15.4 Å². The number of hydrogen-bond donors (Lipinski definition) is 2. The third-order valence-corrected chi connectivity index (χ3v) is 4.87. The molecule has 0 saturated heterocycles. The Hall–Kier alpha value is -2.41. The van der Waals surface area contributed by atoms with Crippen LogP contribution in [0.5, 0.6) is 0 Å². The van der Waals surface area contributed by atoms with Crippen LogP contribution in [-0.2, 0) is 16.1 Å². The molecule has 3 rings (SSSR count). The Morgan fingerprint density at radius 2 is 1.93 bits per heavy atom. The van der Waals surface area contributed by atoms with Crippen LogP contribution in [0.3, 0.4) is 0 Å². The van der Waals surface area contributed by atoms with Crippen molar-refractivity contribution in [2.45, 2.75) is 51.7 Å². The number of esters is 1. The van der Waals surface area contributed by atoms with Crippen molar-refractivity contribution in [2.24, 2.45) is 0 Å². The zero-order valence-corrected chi connectivity index (χ0v) is 15.8. The van der Waals surface area contributed by atoms with E-state index in [2.05, 4.69) is 15.5 Å². The lowest BCUT2D eigenvalue weighted by Crippen LogP contribution is -2.52. The molecule has 0 spiro atoms. The van der Waals surface area contributed by atoms with E-state index in [1.54, 1.807) is 19.1 Å². The first kappa shape index (κ1) is 19.4. The van der Waals surface area contributed by atoms with Gasteiger partial charge in [-0.05, 0) is 43.9 Å². The molecular weight excluding hydrogens is 349 g/mol. The average Bonchev–Trinajstić information content (AvgIpc) is 3.47. The van der Waals surface area contributed by atoms with Crippen molar-refractivity contribution >= 4 is 12.0 Å². The number of nitrogens with one attached hydrogen (secondary N) is 2. The molecule has 2 amide bonds. The van der Waals surface area contributed by atoms with Crippen molar-refractivity contribution < 1.29 is 18.7 Å². The molecular formula is C20H26FN3O3. The number of ether oxygens (including phenoxy) is 1. The minimum absolute atomic E-state index is 0.263. The molecule has 1 fully saturated rings. The molecule has 1 aliphatic heterocycles. The molecule has 1 aromatic rings. The number of amides is 2. The Morgan fingerprint density at radius 1 is 1.22 bits per heavy atom. The van der Waals surface area contributed by atoms with E-state index in [1.165, 1.54) is 12.1 Å². The second-order valence-electron chi connectivity index (χ2n) is 6.93. The molecule has 6 nitrogen and oxygen atoms in total. The van der Waals surface area contributed by atoms with Gasteiger partial charge >= 0.3 is 12.0 Å². The molecule has 1 aliphatic carbocycles. The van der Waals surface area contributed by atoms with Gasteiger partial charge in [-0.2, -0.15) is 0 Å². The van der Waals surface area contributed by atoms with Crippen molar-refractivity contribution in [3.63, 3.8) is 0 Å². The first-order valence-corrected chi connectivity index (χ1v) is 9.48. The Kier molecular flexibility index (Phi) is 6.11. The summed E-state index contributed by atoms with van der Waals surface area (Å²) in [5.41, 5.74) is 2.08. The molecule has 1 unspecified atom stereocenters. The van der Waals surface area contributed by atoms with Gasteiger partial charge in [-0.3, -0.25) is 4.90 Å². The highest BCUT2D eigenvalue weighted by atomic mass is 19.1. The number of nitrogens with zero attached hydrogens (tertiary/aromatic N) is 1. The maximum Gasteiger partial charge on any atom is 0.337 e. The Morgan fingerprint density at radius 3 is 2.52 bits per heavy atom. The topological polar surface area (TPSA) is 70.7 Å². The van der Waals surface area contributed by atoms with Crippen LogP contribution in [0.25, 0.3) is 0 Å². The van der Waals surface area contributed by atoms with Crippen molar-refractivity contribution in [3.05, 3.63) is 46.9 Å². The van der Waals surface area contributed by atoms with Gasteiger partial charge in [0.15, 0.2) is 0 Å². The van der Waals surface area contributed by atoms with Gasteiger partial charge in [-0.1, -0.05) is 19.1 Å². The molecule has 27 heavy (non-hydrogen) atoms. The Bertz CT molecular complexity index is 728. The molecule has 7 heteroatoms.